The van der Waals surface area contributed by atoms with Crippen molar-refractivity contribution in [2.24, 2.45) is 11.3 Å². The molecule has 0 bridgehead atoms. The zero-order chi connectivity index (χ0) is 19.8. The van der Waals surface area contributed by atoms with E-state index < -0.39 is 17.5 Å². The van der Waals surface area contributed by atoms with Crippen LogP contribution in [-0.4, -0.2) is 45.0 Å². The summed E-state index contributed by atoms with van der Waals surface area (Å²) in [4.78, 5) is 38.6. The number of amides is 4. The van der Waals surface area contributed by atoms with Crippen LogP contribution < -0.4 is 10.6 Å². The molecule has 2 aliphatic rings. The first-order valence-electron chi connectivity index (χ1n) is 9.63. The van der Waals surface area contributed by atoms with Gasteiger partial charge in [-0.05, 0) is 43.9 Å². The second-order valence-electron chi connectivity index (χ2n) is 8.50. The summed E-state index contributed by atoms with van der Waals surface area (Å²) in [6.07, 6.45) is 4.15. The Labute approximate surface area is 159 Å². The molecule has 0 unspecified atom stereocenters. The minimum Gasteiger partial charge on any atom is -0.323 e. The Morgan fingerprint density at radius 3 is 2.59 bits per heavy atom. The van der Waals surface area contributed by atoms with Crippen LogP contribution in [0.5, 0.6) is 0 Å². The number of anilines is 1. The van der Waals surface area contributed by atoms with E-state index in [1.54, 1.807) is 6.07 Å². The van der Waals surface area contributed by atoms with Crippen molar-refractivity contribution in [2.75, 3.05) is 11.9 Å². The minimum atomic E-state index is -0.847. The highest BCUT2D eigenvalue weighted by molar-refractivity contribution is 6.10. The van der Waals surface area contributed by atoms with E-state index >= 15 is 0 Å². The third kappa shape index (κ3) is 3.70. The summed E-state index contributed by atoms with van der Waals surface area (Å²) in [5, 5.41) is 12.1. The van der Waals surface area contributed by atoms with E-state index in [-0.39, 0.29) is 17.9 Å². The molecule has 1 aliphatic heterocycles. The number of H-pyrrole nitrogens is 1. The molecule has 0 atom stereocenters. The van der Waals surface area contributed by atoms with Crippen LogP contribution in [0, 0.1) is 18.3 Å². The van der Waals surface area contributed by atoms with Crippen molar-refractivity contribution in [3.8, 4) is 0 Å². The molecule has 148 valence electrons. The van der Waals surface area contributed by atoms with E-state index in [4.69, 9.17) is 0 Å². The summed E-state index contributed by atoms with van der Waals surface area (Å²) in [5.41, 5.74) is 0.195. The standard InChI is InChI=1S/C19H29N5O3/c1-5-18(3,4)13-6-8-19(9-7-13)16(26)24(17(27)21-19)11-15(25)20-14-10-12(2)22-23-14/h10,13H,5-9,11H2,1-4H3,(H,21,27)(H2,20,22,23,25). The highest BCUT2D eigenvalue weighted by Crippen LogP contribution is 2.45. The van der Waals surface area contributed by atoms with Gasteiger partial charge in [-0.3, -0.25) is 19.6 Å². The van der Waals surface area contributed by atoms with Crippen LogP contribution in [0.1, 0.15) is 58.6 Å². The van der Waals surface area contributed by atoms with Crippen molar-refractivity contribution >= 4 is 23.7 Å². The maximum Gasteiger partial charge on any atom is 0.325 e. The quantitative estimate of drug-likeness (QED) is 0.688. The van der Waals surface area contributed by atoms with Crippen molar-refractivity contribution in [2.45, 2.75) is 65.3 Å². The van der Waals surface area contributed by atoms with E-state index in [9.17, 15) is 14.4 Å². The molecule has 1 saturated heterocycles. The summed E-state index contributed by atoms with van der Waals surface area (Å²) >= 11 is 0. The predicted octanol–water partition coefficient (Wildman–Crippen LogP) is 2.57. The number of aryl methyl sites for hydroxylation is 1. The van der Waals surface area contributed by atoms with Gasteiger partial charge in [-0.25, -0.2) is 4.79 Å². The number of nitrogens with zero attached hydrogens (tertiary/aromatic N) is 2. The van der Waals surface area contributed by atoms with E-state index in [0.29, 0.717) is 24.6 Å². The Morgan fingerprint density at radius 2 is 2.04 bits per heavy atom. The molecule has 27 heavy (non-hydrogen) atoms. The molecule has 0 aromatic carbocycles. The Morgan fingerprint density at radius 1 is 1.37 bits per heavy atom. The lowest BCUT2D eigenvalue weighted by Gasteiger charge is -2.42. The lowest BCUT2D eigenvalue weighted by atomic mass is 9.65. The zero-order valence-corrected chi connectivity index (χ0v) is 16.5. The Bertz CT molecular complexity index is 746. The van der Waals surface area contributed by atoms with Crippen molar-refractivity contribution in [1.29, 1.82) is 0 Å². The van der Waals surface area contributed by atoms with E-state index in [1.807, 2.05) is 6.92 Å². The number of carbonyl (C=O) groups excluding carboxylic acids is 3. The molecule has 2 heterocycles. The van der Waals surface area contributed by atoms with Crippen LogP contribution in [0.15, 0.2) is 6.07 Å². The molecule has 2 fully saturated rings. The summed E-state index contributed by atoms with van der Waals surface area (Å²) < 4.78 is 0. The van der Waals surface area contributed by atoms with Gasteiger partial charge in [-0.2, -0.15) is 5.10 Å². The average molecular weight is 375 g/mol. The number of rotatable bonds is 5. The summed E-state index contributed by atoms with van der Waals surface area (Å²) in [7, 11) is 0. The average Bonchev–Trinajstić information content (AvgIpc) is 3.12. The van der Waals surface area contributed by atoms with Crippen LogP contribution in [0.2, 0.25) is 0 Å². The first-order valence-corrected chi connectivity index (χ1v) is 9.63. The third-order valence-corrected chi connectivity index (χ3v) is 6.38. The Balaban J connectivity index is 1.62. The van der Waals surface area contributed by atoms with Gasteiger partial charge < -0.3 is 10.6 Å². The zero-order valence-electron chi connectivity index (χ0n) is 16.5. The fourth-order valence-electron chi connectivity index (χ4n) is 4.15. The van der Waals surface area contributed by atoms with Crippen molar-refractivity contribution in [1.82, 2.24) is 20.4 Å². The third-order valence-electron chi connectivity index (χ3n) is 6.38. The van der Waals surface area contributed by atoms with Gasteiger partial charge in [0.15, 0.2) is 5.82 Å². The van der Waals surface area contributed by atoms with Gasteiger partial charge in [-0.15, -0.1) is 0 Å². The minimum absolute atomic E-state index is 0.231. The number of hydrogen-bond donors (Lipinski definition) is 3. The molecule has 1 aliphatic carbocycles. The van der Waals surface area contributed by atoms with Crippen molar-refractivity contribution in [3.63, 3.8) is 0 Å². The fraction of sp³-hybridized carbons (Fsp3) is 0.684. The molecule has 3 N–H and O–H groups in total. The number of aromatic nitrogens is 2. The summed E-state index contributed by atoms with van der Waals surface area (Å²) in [5.74, 6) is 0.191. The molecule has 8 heteroatoms. The predicted molar refractivity (Wildman–Crippen MR) is 101 cm³/mol. The molecular weight excluding hydrogens is 346 g/mol. The summed E-state index contributed by atoms with van der Waals surface area (Å²) in [6, 6.07) is 1.20. The van der Waals surface area contributed by atoms with Gasteiger partial charge in [0.25, 0.3) is 5.91 Å². The van der Waals surface area contributed by atoms with Crippen LogP contribution in [0.3, 0.4) is 0 Å². The molecule has 1 aromatic rings. The largest absolute Gasteiger partial charge is 0.325 e. The molecule has 1 saturated carbocycles. The number of imide groups is 1. The molecule has 3 rings (SSSR count). The number of hydrogen-bond acceptors (Lipinski definition) is 4. The summed E-state index contributed by atoms with van der Waals surface area (Å²) in [6.45, 7) is 8.23. The van der Waals surface area contributed by atoms with Gasteiger partial charge in [-0.1, -0.05) is 27.2 Å². The molecule has 0 radical (unpaired) electrons. The fourth-order valence-corrected chi connectivity index (χ4v) is 4.15. The SMILES string of the molecule is CCC(C)(C)C1CCC2(CC1)NC(=O)N(CC(=O)Nc1cc(C)[nH]n1)C2=O. The first kappa shape index (κ1) is 19.4. The maximum absolute atomic E-state index is 13.0. The second kappa shape index (κ2) is 6.98. The van der Waals surface area contributed by atoms with Crippen LogP contribution in [-0.2, 0) is 9.59 Å². The monoisotopic (exact) mass is 375 g/mol. The number of carbonyl (C=O) groups is 3. The van der Waals surface area contributed by atoms with Gasteiger partial charge in [0.05, 0.1) is 0 Å². The van der Waals surface area contributed by atoms with Crippen LogP contribution in [0.4, 0.5) is 10.6 Å². The van der Waals surface area contributed by atoms with Crippen molar-refractivity contribution in [3.05, 3.63) is 11.8 Å². The van der Waals surface area contributed by atoms with E-state index in [2.05, 4.69) is 41.6 Å². The van der Waals surface area contributed by atoms with Crippen molar-refractivity contribution < 1.29 is 14.4 Å². The van der Waals surface area contributed by atoms with Gasteiger partial charge in [0.1, 0.15) is 12.1 Å². The van der Waals surface area contributed by atoms with Crippen LogP contribution >= 0.6 is 0 Å². The molecule has 8 nitrogen and oxygen atoms in total. The Kier molecular flexibility index (Phi) is 5.01. The molecule has 1 aromatic heterocycles. The van der Waals surface area contributed by atoms with Gasteiger partial charge in [0, 0.05) is 11.8 Å². The van der Waals surface area contributed by atoms with Gasteiger partial charge >= 0.3 is 6.03 Å². The Hall–Kier alpha value is -2.38. The van der Waals surface area contributed by atoms with Gasteiger partial charge in [0.2, 0.25) is 5.91 Å². The lowest BCUT2D eigenvalue weighted by molar-refractivity contribution is -0.135. The molecule has 1 spiro atoms. The van der Waals surface area contributed by atoms with E-state index in [1.165, 1.54) is 0 Å². The molecular formula is C19H29N5O3. The van der Waals surface area contributed by atoms with E-state index in [0.717, 1.165) is 29.9 Å². The first-order chi connectivity index (χ1) is 12.7. The maximum atomic E-state index is 13.0. The highest BCUT2D eigenvalue weighted by atomic mass is 16.2. The highest BCUT2D eigenvalue weighted by Gasteiger charge is 2.53. The van der Waals surface area contributed by atoms with Crippen LogP contribution in [0.25, 0.3) is 0 Å². The lowest BCUT2D eigenvalue weighted by Crippen LogP contribution is -2.51. The smallest absolute Gasteiger partial charge is 0.323 e. The normalized spacial score (nSPS) is 25.8. The topological polar surface area (TPSA) is 107 Å². The number of aromatic amines is 1. The molecule has 4 amide bonds. The number of nitrogens with one attached hydrogen (secondary N) is 3. The second-order valence-corrected chi connectivity index (χ2v) is 8.50. The number of urea groups is 1.